The van der Waals surface area contributed by atoms with Crippen LogP contribution >= 0.6 is 0 Å². The van der Waals surface area contributed by atoms with E-state index in [1.165, 1.54) is 0 Å². The Morgan fingerprint density at radius 1 is 1.26 bits per heavy atom. The van der Waals surface area contributed by atoms with Gasteiger partial charge >= 0.3 is 6.01 Å². The largest absolute Gasteiger partial charge is 0.463 e. The van der Waals surface area contributed by atoms with E-state index in [0.717, 1.165) is 17.5 Å². The minimum absolute atomic E-state index is 0.333. The summed E-state index contributed by atoms with van der Waals surface area (Å²) in [6.07, 6.45) is 4.39. The molecule has 6 heteroatoms. The molecule has 0 spiro atoms. The first kappa shape index (κ1) is 13.2. The highest BCUT2D eigenvalue weighted by Gasteiger charge is 2.10. The van der Waals surface area contributed by atoms with Crippen LogP contribution in [0.25, 0.3) is 11.4 Å². The second-order valence-electron chi connectivity index (χ2n) is 4.05. The monoisotopic (exact) mass is 259 g/mol. The Bertz CT molecular complexity index is 558. The van der Waals surface area contributed by atoms with Gasteiger partial charge in [-0.25, -0.2) is 0 Å². The number of nitrogens with zero attached hydrogens (tertiary/aromatic N) is 4. The third kappa shape index (κ3) is 3.15. The summed E-state index contributed by atoms with van der Waals surface area (Å²) in [7, 11) is 1.76. The number of anilines is 1. The van der Waals surface area contributed by atoms with E-state index in [9.17, 15) is 0 Å². The van der Waals surface area contributed by atoms with Gasteiger partial charge in [-0.15, -0.1) is 0 Å². The molecule has 0 unspecified atom stereocenters. The van der Waals surface area contributed by atoms with Gasteiger partial charge in [0.2, 0.25) is 5.95 Å². The first-order valence-electron chi connectivity index (χ1n) is 6.22. The predicted octanol–water partition coefficient (Wildman–Crippen LogP) is 2.07. The molecule has 0 aromatic carbocycles. The summed E-state index contributed by atoms with van der Waals surface area (Å²) in [6, 6.07) is 2.25. The van der Waals surface area contributed by atoms with Crippen LogP contribution in [0.1, 0.15) is 18.9 Å². The van der Waals surface area contributed by atoms with Crippen molar-refractivity contribution in [1.29, 1.82) is 0 Å². The Kier molecular flexibility index (Phi) is 4.22. The third-order valence-electron chi connectivity index (χ3n) is 2.55. The fraction of sp³-hybridized carbons (Fsp3) is 0.385. The molecule has 0 radical (unpaired) electrons. The highest BCUT2D eigenvalue weighted by molar-refractivity contribution is 5.59. The summed E-state index contributed by atoms with van der Waals surface area (Å²) in [5, 5.41) is 2.91. The molecule has 2 aromatic heterocycles. The molecule has 0 fully saturated rings. The number of nitrogens with one attached hydrogen (secondary N) is 1. The van der Waals surface area contributed by atoms with Crippen LogP contribution in [-0.2, 0) is 0 Å². The minimum Gasteiger partial charge on any atom is -0.463 e. The normalized spacial score (nSPS) is 10.3. The van der Waals surface area contributed by atoms with E-state index < -0.39 is 0 Å². The highest BCUT2D eigenvalue weighted by atomic mass is 16.5. The number of aryl methyl sites for hydroxylation is 1. The lowest BCUT2D eigenvalue weighted by atomic mass is 10.1. The zero-order chi connectivity index (χ0) is 13.7. The van der Waals surface area contributed by atoms with Gasteiger partial charge in [-0.3, -0.25) is 4.98 Å². The van der Waals surface area contributed by atoms with Crippen LogP contribution in [-0.4, -0.2) is 33.6 Å². The summed E-state index contributed by atoms with van der Waals surface area (Å²) in [6.45, 7) is 4.61. The smallest absolute Gasteiger partial charge is 0.321 e. The number of hydrogen-bond acceptors (Lipinski definition) is 6. The van der Waals surface area contributed by atoms with Gasteiger partial charge in [0.25, 0.3) is 0 Å². The summed E-state index contributed by atoms with van der Waals surface area (Å²) < 4.78 is 5.48. The Labute approximate surface area is 112 Å². The van der Waals surface area contributed by atoms with E-state index in [2.05, 4.69) is 25.3 Å². The molecule has 2 heterocycles. The molecular formula is C13H17N5O. The van der Waals surface area contributed by atoms with E-state index in [4.69, 9.17) is 4.74 Å². The minimum atomic E-state index is 0.333. The molecule has 2 aromatic rings. The van der Waals surface area contributed by atoms with Crippen LogP contribution in [0.2, 0.25) is 0 Å². The first-order chi connectivity index (χ1) is 9.24. The van der Waals surface area contributed by atoms with Crippen molar-refractivity contribution in [2.75, 3.05) is 19.0 Å². The number of rotatable bonds is 5. The lowest BCUT2D eigenvalue weighted by Gasteiger charge is -2.08. The molecule has 100 valence electrons. The van der Waals surface area contributed by atoms with Gasteiger partial charge in [-0.1, -0.05) is 6.92 Å². The van der Waals surface area contributed by atoms with Crippen molar-refractivity contribution in [3.05, 3.63) is 24.0 Å². The van der Waals surface area contributed by atoms with Gasteiger partial charge in [0.1, 0.15) is 0 Å². The summed E-state index contributed by atoms with van der Waals surface area (Å²) in [5.41, 5.74) is 1.94. The summed E-state index contributed by atoms with van der Waals surface area (Å²) >= 11 is 0. The maximum absolute atomic E-state index is 5.48. The van der Waals surface area contributed by atoms with Crippen molar-refractivity contribution in [1.82, 2.24) is 19.9 Å². The molecule has 0 aliphatic rings. The average molecular weight is 259 g/mol. The fourth-order valence-electron chi connectivity index (χ4n) is 1.54. The standard InChI is InChI=1S/C13H17N5O/c1-4-7-19-13-17-11(16-12(14-3)18-13)10-8-15-6-5-9(10)2/h5-6,8H,4,7H2,1-3H3,(H,14,16,17,18). The molecule has 2 rings (SSSR count). The van der Waals surface area contributed by atoms with Crippen LogP contribution in [0.15, 0.2) is 18.5 Å². The summed E-state index contributed by atoms with van der Waals surface area (Å²) in [5.74, 6) is 1.05. The van der Waals surface area contributed by atoms with E-state index in [0.29, 0.717) is 24.4 Å². The highest BCUT2D eigenvalue weighted by Crippen LogP contribution is 2.21. The van der Waals surface area contributed by atoms with Crippen LogP contribution in [0.5, 0.6) is 6.01 Å². The molecule has 0 aliphatic carbocycles. The second-order valence-corrected chi connectivity index (χ2v) is 4.05. The topological polar surface area (TPSA) is 72.8 Å². The van der Waals surface area contributed by atoms with Crippen LogP contribution in [0, 0.1) is 6.92 Å². The van der Waals surface area contributed by atoms with Crippen molar-refractivity contribution >= 4 is 5.95 Å². The van der Waals surface area contributed by atoms with Crippen molar-refractivity contribution in [3.8, 4) is 17.4 Å². The van der Waals surface area contributed by atoms with Crippen molar-refractivity contribution < 1.29 is 4.74 Å². The Morgan fingerprint density at radius 3 is 2.79 bits per heavy atom. The molecule has 0 saturated carbocycles. The molecule has 6 nitrogen and oxygen atoms in total. The number of aromatic nitrogens is 4. The van der Waals surface area contributed by atoms with Gasteiger partial charge < -0.3 is 10.1 Å². The maximum Gasteiger partial charge on any atom is 0.321 e. The van der Waals surface area contributed by atoms with Crippen molar-refractivity contribution in [3.63, 3.8) is 0 Å². The molecule has 0 atom stereocenters. The van der Waals surface area contributed by atoms with Gasteiger partial charge in [0.15, 0.2) is 5.82 Å². The van der Waals surface area contributed by atoms with E-state index in [-0.39, 0.29) is 0 Å². The Balaban J connectivity index is 2.42. The van der Waals surface area contributed by atoms with Crippen molar-refractivity contribution in [2.45, 2.75) is 20.3 Å². The van der Waals surface area contributed by atoms with Crippen LogP contribution in [0.3, 0.4) is 0 Å². The average Bonchev–Trinajstić information content (AvgIpc) is 2.45. The van der Waals surface area contributed by atoms with Crippen molar-refractivity contribution in [2.24, 2.45) is 0 Å². The van der Waals surface area contributed by atoms with E-state index in [1.54, 1.807) is 19.4 Å². The van der Waals surface area contributed by atoms with E-state index >= 15 is 0 Å². The maximum atomic E-state index is 5.48. The van der Waals surface area contributed by atoms with Gasteiger partial charge in [-0.05, 0) is 25.0 Å². The molecule has 0 saturated heterocycles. The summed E-state index contributed by atoms with van der Waals surface area (Å²) in [4.78, 5) is 16.9. The third-order valence-corrected chi connectivity index (χ3v) is 2.55. The predicted molar refractivity (Wildman–Crippen MR) is 73.1 cm³/mol. The Morgan fingerprint density at radius 2 is 2.11 bits per heavy atom. The fourth-order valence-corrected chi connectivity index (χ4v) is 1.54. The van der Waals surface area contributed by atoms with Gasteiger partial charge in [0.05, 0.1) is 6.61 Å². The Hall–Kier alpha value is -2.24. The molecule has 19 heavy (non-hydrogen) atoms. The molecule has 0 aliphatic heterocycles. The SMILES string of the molecule is CCCOc1nc(NC)nc(-c2cnccc2C)n1. The van der Waals surface area contributed by atoms with E-state index in [1.807, 2.05) is 19.9 Å². The number of pyridine rings is 1. The number of ether oxygens (including phenoxy) is 1. The zero-order valence-corrected chi connectivity index (χ0v) is 11.3. The lowest BCUT2D eigenvalue weighted by Crippen LogP contribution is -2.06. The van der Waals surface area contributed by atoms with Crippen LogP contribution < -0.4 is 10.1 Å². The van der Waals surface area contributed by atoms with Gasteiger partial charge in [0, 0.05) is 25.0 Å². The molecular weight excluding hydrogens is 242 g/mol. The lowest BCUT2D eigenvalue weighted by molar-refractivity contribution is 0.292. The molecule has 0 amide bonds. The first-order valence-corrected chi connectivity index (χ1v) is 6.22. The molecule has 1 N–H and O–H groups in total. The quantitative estimate of drug-likeness (QED) is 0.886. The second kappa shape index (κ2) is 6.08. The zero-order valence-electron chi connectivity index (χ0n) is 11.3. The van der Waals surface area contributed by atoms with Gasteiger partial charge in [-0.2, -0.15) is 15.0 Å². The molecule has 0 bridgehead atoms. The number of hydrogen-bond donors (Lipinski definition) is 1. The van der Waals surface area contributed by atoms with Crippen LogP contribution in [0.4, 0.5) is 5.95 Å².